The lowest BCUT2D eigenvalue weighted by Gasteiger charge is -2.34. The Balaban J connectivity index is 1.62. The second kappa shape index (κ2) is 9.06. The van der Waals surface area contributed by atoms with Gasteiger partial charge in [-0.05, 0) is 43.4 Å². The number of hydrogen-bond donors (Lipinski definition) is 1. The summed E-state index contributed by atoms with van der Waals surface area (Å²) in [5, 5.41) is 3.37. The molecule has 1 saturated heterocycles. The lowest BCUT2D eigenvalue weighted by Crippen LogP contribution is -2.46. The monoisotopic (exact) mass is 347 g/mol. The fourth-order valence-corrected chi connectivity index (χ4v) is 3.56. The van der Waals surface area contributed by atoms with E-state index >= 15 is 0 Å². The Hall–Kier alpha value is -1.79. The zero-order chi connectivity index (χ0) is 17.5. The van der Waals surface area contributed by atoms with Crippen LogP contribution in [0.2, 0.25) is 0 Å². The number of rotatable bonds is 6. The van der Waals surface area contributed by atoms with Crippen molar-refractivity contribution in [3.8, 4) is 0 Å². The van der Waals surface area contributed by atoms with Gasteiger partial charge < -0.3 is 15.0 Å². The molecule has 1 unspecified atom stereocenters. The lowest BCUT2D eigenvalue weighted by molar-refractivity contribution is -0.138. The van der Waals surface area contributed by atoms with E-state index in [2.05, 4.69) is 10.3 Å². The van der Waals surface area contributed by atoms with Crippen molar-refractivity contribution in [2.75, 3.05) is 32.8 Å². The van der Waals surface area contributed by atoms with E-state index in [0.29, 0.717) is 39.3 Å². The number of carbonyl (C=O) groups excluding carboxylic acids is 1. The summed E-state index contributed by atoms with van der Waals surface area (Å²) in [4.78, 5) is 19.0. The first-order valence-corrected chi connectivity index (χ1v) is 9.05. The molecule has 3 rings (SSSR count). The molecule has 0 aliphatic carbocycles. The van der Waals surface area contributed by atoms with Gasteiger partial charge in [0, 0.05) is 39.0 Å². The molecule has 1 N–H and O–H groups in total. The molecule has 0 saturated carbocycles. The van der Waals surface area contributed by atoms with Crippen LogP contribution in [-0.4, -0.2) is 48.6 Å². The Morgan fingerprint density at radius 2 is 2.24 bits per heavy atom. The summed E-state index contributed by atoms with van der Waals surface area (Å²) < 4.78 is 19.0. The first-order valence-electron chi connectivity index (χ1n) is 9.05. The molecule has 0 bridgehead atoms. The summed E-state index contributed by atoms with van der Waals surface area (Å²) in [7, 11) is 0. The molecule has 1 atom stereocenters. The minimum Gasteiger partial charge on any atom is -0.381 e. The highest BCUT2D eigenvalue weighted by atomic mass is 19.1. The molecule has 0 radical (unpaired) electrons. The quantitative estimate of drug-likeness (QED) is 0.858. The van der Waals surface area contributed by atoms with Gasteiger partial charge in [-0.3, -0.25) is 9.78 Å². The van der Waals surface area contributed by atoms with Crippen molar-refractivity contribution in [2.45, 2.75) is 25.8 Å². The van der Waals surface area contributed by atoms with Crippen LogP contribution in [0.3, 0.4) is 0 Å². The summed E-state index contributed by atoms with van der Waals surface area (Å²) >= 11 is 0. The average molecular weight is 347 g/mol. The number of nitrogens with one attached hydrogen (secondary N) is 1. The standard InChI is InChI=1S/C19H26FN3O2/c20-16-4-3-9-23(14-16)19(24)18(15-6-10-25-11-7-15)13-21-12-17-5-1-2-8-22-17/h1-2,4-5,8,15,18,21H,3,6-7,9-14H2. The number of ether oxygens (including phenoxy) is 1. The lowest BCUT2D eigenvalue weighted by atomic mass is 9.84. The largest absolute Gasteiger partial charge is 0.381 e. The summed E-state index contributed by atoms with van der Waals surface area (Å²) in [5.74, 6) is 0.000375. The van der Waals surface area contributed by atoms with Gasteiger partial charge in [-0.15, -0.1) is 0 Å². The van der Waals surface area contributed by atoms with Crippen molar-refractivity contribution >= 4 is 5.91 Å². The Labute approximate surface area is 148 Å². The van der Waals surface area contributed by atoms with E-state index in [9.17, 15) is 9.18 Å². The van der Waals surface area contributed by atoms with Gasteiger partial charge in [-0.2, -0.15) is 0 Å². The number of hydrogen-bond acceptors (Lipinski definition) is 4. The van der Waals surface area contributed by atoms with Crippen LogP contribution in [0.5, 0.6) is 0 Å². The molecule has 25 heavy (non-hydrogen) atoms. The van der Waals surface area contributed by atoms with Crippen molar-refractivity contribution in [1.82, 2.24) is 15.2 Å². The van der Waals surface area contributed by atoms with Gasteiger partial charge in [0.15, 0.2) is 0 Å². The van der Waals surface area contributed by atoms with E-state index in [1.165, 1.54) is 0 Å². The Morgan fingerprint density at radius 3 is 2.96 bits per heavy atom. The van der Waals surface area contributed by atoms with Crippen LogP contribution >= 0.6 is 0 Å². The van der Waals surface area contributed by atoms with Gasteiger partial charge in [-0.25, -0.2) is 4.39 Å². The zero-order valence-corrected chi connectivity index (χ0v) is 14.5. The Kier molecular flexibility index (Phi) is 6.53. The van der Waals surface area contributed by atoms with Crippen LogP contribution in [0.4, 0.5) is 4.39 Å². The number of nitrogens with zero attached hydrogens (tertiary/aromatic N) is 2. The third-order valence-corrected chi connectivity index (χ3v) is 4.97. The minimum atomic E-state index is -0.202. The Bertz CT molecular complexity index is 588. The first kappa shape index (κ1) is 18.0. The third kappa shape index (κ3) is 5.09. The predicted octanol–water partition coefficient (Wildman–Crippen LogP) is 2.30. The predicted molar refractivity (Wildman–Crippen MR) is 93.4 cm³/mol. The maximum atomic E-state index is 13.6. The third-order valence-electron chi connectivity index (χ3n) is 4.97. The second-order valence-electron chi connectivity index (χ2n) is 6.71. The summed E-state index contributed by atoms with van der Waals surface area (Å²) in [6.07, 6.45) is 5.70. The van der Waals surface area contributed by atoms with Gasteiger partial charge in [-0.1, -0.05) is 6.07 Å². The van der Waals surface area contributed by atoms with Gasteiger partial charge in [0.1, 0.15) is 5.83 Å². The highest BCUT2D eigenvalue weighted by Crippen LogP contribution is 2.26. The molecule has 1 aromatic heterocycles. The van der Waals surface area contributed by atoms with Crippen molar-refractivity contribution in [2.24, 2.45) is 11.8 Å². The molecule has 2 aliphatic rings. The topological polar surface area (TPSA) is 54.5 Å². The molecule has 3 heterocycles. The molecule has 1 aromatic rings. The number of aromatic nitrogens is 1. The second-order valence-corrected chi connectivity index (χ2v) is 6.71. The smallest absolute Gasteiger partial charge is 0.227 e. The molecule has 136 valence electrons. The number of halogens is 1. The molecule has 1 fully saturated rings. The van der Waals surface area contributed by atoms with Crippen LogP contribution in [0.1, 0.15) is 25.0 Å². The van der Waals surface area contributed by atoms with E-state index < -0.39 is 0 Å². The molecule has 5 nitrogen and oxygen atoms in total. The van der Waals surface area contributed by atoms with Crippen molar-refractivity contribution in [1.29, 1.82) is 0 Å². The number of amides is 1. The molecule has 0 aromatic carbocycles. The molecule has 1 amide bonds. The highest BCUT2D eigenvalue weighted by Gasteiger charge is 2.33. The number of carbonyl (C=O) groups is 1. The van der Waals surface area contributed by atoms with Crippen LogP contribution in [0.15, 0.2) is 36.3 Å². The summed E-state index contributed by atoms with van der Waals surface area (Å²) in [6, 6.07) is 5.80. The maximum absolute atomic E-state index is 13.6. The van der Waals surface area contributed by atoms with Crippen LogP contribution in [-0.2, 0) is 16.1 Å². The van der Waals surface area contributed by atoms with Crippen LogP contribution in [0.25, 0.3) is 0 Å². The first-order chi connectivity index (χ1) is 12.2. The maximum Gasteiger partial charge on any atom is 0.227 e. The molecule has 6 heteroatoms. The van der Waals surface area contributed by atoms with Crippen molar-refractivity contribution < 1.29 is 13.9 Å². The minimum absolute atomic E-state index is 0.0590. The average Bonchev–Trinajstić information content (AvgIpc) is 2.66. The zero-order valence-electron chi connectivity index (χ0n) is 14.5. The van der Waals surface area contributed by atoms with Crippen LogP contribution < -0.4 is 5.32 Å². The number of pyridine rings is 1. The molecule has 0 spiro atoms. The molecular formula is C19H26FN3O2. The van der Waals surface area contributed by atoms with E-state index in [1.807, 2.05) is 18.2 Å². The van der Waals surface area contributed by atoms with E-state index in [-0.39, 0.29) is 30.1 Å². The SMILES string of the molecule is O=C(C(CNCc1ccccn1)C1CCOCC1)N1CCC=C(F)C1. The van der Waals surface area contributed by atoms with Gasteiger partial charge in [0.25, 0.3) is 0 Å². The molecular weight excluding hydrogens is 321 g/mol. The fourth-order valence-electron chi connectivity index (χ4n) is 3.56. The van der Waals surface area contributed by atoms with Gasteiger partial charge in [0.2, 0.25) is 5.91 Å². The van der Waals surface area contributed by atoms with Gasteiger partial charge in [0.05, 0.1) is 18.2 Å². The normalized spacial score (nSPS) is 20.2. The highest BCUT2D eigenvalue weighted by molar-refractivity contribution is 5.80. The van der Waals surface area contributed by atoms with Crippen LogP contribution in [0, 0.1) is 11.8 Å². The van der Waals surface area contributed by atoms with E-state index in [4.69, 9.17) is 4.74 Å². The summed E-state index contributed by atoms with van der Waals surface area (Å²) in [6.45, 7) is 3.32. The Morgan fingerprint density at radius 1 is 1.40 bits per heavy atom. The fraction of sp³-hybridized carbons (Fsp3) is 0.579. The van der Waals surface area contributed by atoms with Gasteiger partial charge >= 0.3 is 0 Å². The van der Waals surface area contributed by atoms with Crippen molar-refractivity contribution in [3.05, 3.63) is 42.0 Å². The molecule has 2 aliphatic heterocycles. The van der Waals surface area contributed by atoms with E-state index in [0.717, 1.165) is 18.5 Å². The summed E-state index contributed by atoms with van der Waals surface area (Å²) in [5.41, 5.74) is 0.952. The van der Waals surface area contributed by atoms with E-state index in [1.54, 1.807) is 17.2 Å². The van der Waals surface area contributed by atoms with Crippen molar-refractivity contribution in [3.63, 3.8) is 0 Å².